The van der Waals surface area contributed by atoms with E-state index >= 15 is 0 Å². The Morgan fingerprint density at radius 1 is 1.35 bits per heavy atom. The largest absolute Gasteiger partial charge is 0.370 e. The van der Waals surface area contributed by atoms with Gasteiger partial charge in [-0.1, -0.05) is 13.8 Å². The Hall–Kier alpha value is -1.58. The Kier molecular flexibility index (Phi) is 4.99. The molecule has 1 fully saturated rings. The molecule has 0 aliphatic heterocycles. The lowest BCUT2D eigenvalue weighted by molar-refractivity contribution is 0.0937. The van der Waals surface area contributed by atoms with Gasteiger partial charge < -0.3 is 10.6 Å². The quantitative estimate of drug-likeness (QED) is 0.868. The first kappa shape index (κ1) is 14.8. The predicted octanol–water partition coefficient (Wildman–Crippen LogP) is 2.99. The average molecular weight is 275 g/mol. The number of hydrogen-bond acceptors (Lipinski definition) is 3. The number of hydrogen-bond donors (Lipinski definition) is 2. The fourth-order valence-corrected chi connectivity index (χ4v) is 2.78. The second-order valence-electron chi connectivity index (χ2n) is 5.70. The summed E-state index contributed by atoms with van der Waals surface area (Å²) in [5.74, 6) is 1.54. The van der Waals surface area contributed by atoms with E-state index in [0.29, 0.717) is 11.6 Å². The smallest absolute Gasteiger partial charge is 0.251 e. The maximum atomic E-state index is 12.4. The summed E-state index contributed by atoms with van der Waals surface area (Å²) in [4.78, 5) is 16.8. The van der Waals surface area contributed by atoms with Crippen molar-refractivity contribution in [3.63, 3.8) is 0 Å². The number of nitrogens with one attached hydrogen (secondary N) is 2. The van der Waals surface area contributed by atoms with Gasteiger partial charge >= 0.3 is 0 Å². The minimum absolute atomic E-state index is 0.0281. The lowest BCUT2D eigenvalue weighted by Crippen LogP contribution is -2.33. The monoisotopic (exact) mass is 275 g/mol. The normalized spacial score (nSPS) is 21.8. The minimum Gasteiger partial charge on any atom is -0.370 e. The molecule has 1 aliphatic carbocycles. The van der Waals surface area contributed by atoms with E-state index in [1.165, 1.54) is 6.42 Å². The van der Waals surface area contributed by atoms with E-state index in [4.69, 9.17) is 0 Å². The van der Waals surface area contributed by atoms with Crippen LogP contribution in [-0.4, -0.2) is 23.5 Å². The van der Waals surface area contributed by atoms with Crippen LogP contribution in [0.4, 0.5) is 5.82 Å². The van der Waals surface area contributed by atoms with Crippen molar-refractivity contribution < 1.29 is 4.79 Å². The summed E-state index contributed by atoms with van der Waals surface area (Å²) in [6.45, 7) is 7.14. The number of amides is 1. The van der Waals surface area contributed by atoms with E-state index in [-0.39, 0.29) is 5.91 Å². The first-order valence-electron chi connectivity index (χ1n) is 7.68. The molecular formula is C16H25N3O. The first-order valence-corrected chi connectivity index (χ1v) is 7.68. The minimum atomic E-state index is 0.0281. The molecule has 2 rings (SSSR count). The van der Waals surface area contributed by atoms with E-state index in [0.717, 1.165) is 43.2 Å². The number of carbonyl (C=O) groups excluding carboxylic acids is 1. The van der Waals surface area contributed by atoms with Gasteiger partial charge in [0.2, 0.25) is 0 Å². The molecule has 110 valence electrons. The average Bonchev–Trinajstić information content (AvgIpc) is 2.84. The molecule has 4 heteroatoms. The van der Waals surface area contributed by atoms with Crippen molar-refractivity contribution >= 4 is 11.7 Å². The molecule has 2 unspecified atom stereocenters. The maximum Gasteiger partial charge on any atom is 0.251 e. The number of anilines is 1. The van der Waals surface area contributed by atoms with Gasteiger partial charge in [-0.15, -0.1) is 0 Å². The highest BCUT2D eigenvalue weighted by molar-refractivity contribution is 5.95. The Bertz CT molecular complexity index is 473. The Labute approximate surface area is 121 Å². The fraction of sp³-hybridized carbons (Fsp3) is 0.625. The molecule has 0 bridgehead atoms. The van der Waals surface area contributed by atoms with Crippen molar-refractivity contribution in [2.45, 2.75) is 52.5 Å². The lowest BCUT2D eigenvalue weighted by Gasteiger charge is -2.14. The van der Waals surface area contributed by atoms with Crippen LogP contribution in [0, 0.1) is 5.92 Å². The number of nitrogens with zero attached hydrogens (tertiary/aromatic N) is 1. The van der Waals surface area contributed by atoms with Crippen molar-refractivity contribution in [1.82, 2.24) is 10.3 Å². The van der Waals surface area contributed by atoms with Crippen LogP contribution in [0.5, 0.6) is 0 Å². The summed E-state index contributed by atoms with van der Waals surface area (Å²) in [6, 6.07) is 4.07. The summed E-state index contributed by atoms with van der Waals surface area (Å²) >= 11 is 0. The fourth-order valence-electron chi connectivity index (χ4n) is 2.78. The van der Waals surface area contributed by atoms with E-state index in [9.17, 15) is 4.79 Å². The number of rotatable bonds is 5. The first-order chi connectivity index (χ1) is 9.62. The van der Waals surface area contributed by atoms with Gasteiger partial charge in [-0.05, 0) is 50.7 Å². The van der Waals surface area contributed by atoms with Crippen LogP contribution in [0.25, 0.3) is 0 Å². The second kappa shape index (κ2) is 6.73. The summed E-state index contributed by atoms with van der Waals surface area (Å²) in [5.41, 5.74) is 1.67. The third-order valence-corrected chi connectivity index (χ3v) is 3.89. The summed E-state index contributed by atoms with van der Waals surface area (Å²) < 4.78 is 0. The standard InChI is InChI=1S/C16H25N3O/c1-4-13-9-12(10-15(18-13)17-5-2)16(20)19-14-7-6-11(3)8-14/h9-11,14H,4-8H2,1-3H3,(H,17,18)(H,19,20). The van der Waals surface area contributed by atoms with E-state index in [1.807, 2.05) is 19.1 Å². The lowest BCUT2D eigenvalue weighted by atomic mass is 10.1. The third-order valence-electron chi connectivity index (χ3n) is 3.89. The highest BCUT2D eigenvalue weighted by atomic mass is 16.1. The van der Waals surface area contributed by atoms with Gasteiger partial charge in [0.1, 0.15) is 5.82 Å². The molecule has 1 amide bonds. The summed E-state index contributed by atoms with van der Waals surface area (Å²) in [5, 5.41) is 6.34. The maximum absolute atomic E-state index is 12.4. The third kappa shape index (κ3) is 3.71. The van der Waals surface area contributed by atoms with Gasteiger partial charge in [0.15, 0.2) is 0 Å². The molecule has 1 aliphatic rings. The molecule has 4 nitrogen and oxygen atoms in total. The van der Waals surface area contributed by atoms with Crippen LogP contribution >= 0.6 is 0 Å². The van der Waals surface area contributed by atoms with Gasteiger partial charge in [-0.25, -0.2) is 4.98 Å². The van der Waals surface area contributed by atoms with Crippen LogP contribution < -0.4 is 10.6 Å². The second-order valence-corrected chi connectivity index (χ2v) is 5.70. The zero-order valence-electron chi connectivity index (χ0n) is 12.7. The van der Waals surface area contributed by atoms with Crippen molar-refractivity contribution in [3.8, 4) is 0 Å². The van der Waals surface area contributed by atoms with Crippen molar-refractivity contribution in [2.24, 2.45) is 5.92 Å². The zero-order chi connectivity index (χ0) is 14.5. The van der Waals surface area contributed by atoms with E-state index in [2.05, 4.69) is 29.5 Å². The van der Waals surface area contributed by atoms with Gasteiger partial charge in [-0.2, -0.15) is 0 Å². The SMILES string of the molecule is CCNc1cc(C(=O)NC2CCC(C)C2)cc(CC)n1. The van der Waals surface area contributed by atoms with Crippen molar-refractivity contribution in [2.75, 3.05) is 11.9 Å². The van der Waals surface area contributed by atoms with Crippen molar-refractivity contribution in [3.05, 3.63) is 23.4 Å². The van der Waals surface area contributed by atoms with Gasteiger partial charge in [0, 0.05) is 23.8 Å². The highest BCUT2D eigenvalue weighted by Crippen LogP contribution is 2.25. The molecule has 1 aromatic heterocycles. The summed E-state index contributed by atoms with van der Waals surface area (Å²) in [6.07, 6.45) is 4.24. The van der Waals surface area contributed by atoms with Gasteiger partial charge in [0.05, 0.1) is 0 Å². The number of aryl methyl sites for hydroxylation is 1. The Balaban J connectivity index is 2.09. The highest BCUT2D eigenvalue weighted by Gasteiger charge is 2.23. The molecule has 0 spiro atoms. The molecule has 0 saturated heterocycles. The predicted molar refractivity (Wildman–Crippen MR) is 82.0 cm³/mol. The number of carbonyl (C=O) groups is 1. The number of pyridine rings is 1. The van der Waals surface area contributed by atoms with Gasteiger partial charge in [0.25, 0.3) is 5.91 Å². The van der Waals surface area contributed by atoms with Crippen LogP contribution in [0.3, 0.4) is 0 Å². The molecule has 2 N–H and O–H groups in total. The molecular weight excluding hydrogens is 250 g/mol. The topological polar surface area (TPSA) is 54.0 Å². The van der Waals surface area contributed by atoms with Crippen LogP contribution in [0.15, 0.2) is 12.1 Å². The Morgan fingerprint density at radius 3 is 2.75 bits per heavy atom. The van der Waals surface area contributed by atoms with Crippen LogP contribution in [0.2, 0.25) is 0 Å². The van der Waals surface area contributed by atoms with E-state index < -0.39 is 0 Å². The molecule has 20 heavy (non-hydrogen) atoms. The van der Waals surface area contributed by atoms with E-state index in [1.54, 1.807) is 0 Å². The molecule has 0 radical (unpaired) electrons. The molecule has 1 heterocycles. The molecule has 0 aromatic carbocycles. The van der Waals surface area contributed by atoms with Crippen LogP contribution in [0.1, 0.15) is 56.1 Å². The van der Waals surface area contributed by atoms with Crippen LogP contribution in [-0.2, 0) is 6.42 Å². The number of aromatic nitrogens is 1. The summed E-state index contributed by atoms with van der Waals surface area (Å²) in [7, 11) is 0. The zero-order valence-corrected chi connectivity index (χ0v) is 12.7. The van der Waals surface area contributed by atoms with Gasteiger partial charge in [-0.3, -0.25) is 4.79 Å². The molecule has 2 atom stereocenters. The molecule has 1 aromatic rings. The molecule has 1 saturated carbocycles. The Morgan fingerprint density at radius 2 is 2.15 bits per heavy atom. The van der Waals surface area contributed by atoms with Crippen molar-refractivity contribution in [1.29, 1.82) is 0 Å².